The number of aromatic nitrogens is 1. The molecule has 0 fully saturated rings. The van der Waals surface area contributed by atoms with Crippen molar-refractivity contribution in [3.05, 3.63) is 63.3 Å². The molecule has 0 saturated carbocycles. The van der Waals surface area contributed by atoms with Crippen molar-refractivity contribution in [3.8, 4) is 10.6 Å². The maximum absolute atomic E-state index is 12.3. The largest absolute Gasteiger partial charge is 0.354 e. The number of nitrogens with one attached hydrogen (secondary N) is 1. The van der Waals surface area contributed by atoms with E-state index >= 15 is 0 Å². The van der Waals surface area contributed by atoms with E-state index in [1.165, 1.54) is 10.4 Å². The molecule has 136 valence electrons. The summed E-state index contributed by atoms with van der Waals surface area (Å²) in [6, 6.07) is 12.6. The Kier molecular flexibility index (Phi) is 6.19. The number of nitrogens with zero attached hydrogens (tertiary/aromatic N) is 2. The lowest BCUT2D eigenvalue weighted by molar-refractivity contribution is -0.120. The van der Waals surface area contributed by atoms with Crippen LogP contribution in [0, 0.1) is 6.92 Å². The molecular weight excluding hydrogens is 362 g/mol. The first kappa shape index (κ1) is 18.8. The van der Waals surface area contributed by atoms with Crippen molar-refractivity contribution in [2.45, 2.75) is 19.4 Å². The van der Waals surface area contributed by atoms with Crippen molar-refractivity contribution < 1.29 is 4.79 Å². The van der Waals surface area contributed by atoms with E-state index in [1.807, 2.05) is 31.6 Å². The van der Waals surface area contributed by atoms with E-state index in [0.29, 0.717) is 13.0 Å². The van der Waals surface area contributed by atoms with Crippen molar-refractivity contribution in [1.82, 2.24) is 15.2 Å². The Morgan fingerprint density at radius 2 is 2.08 bits per heavy atom. The molecule has 0 radical (unpaired) electrons. The number of aryl methyl sites for hydroxylation is 1. The van der Waals surface area contributed by atoms with Crippen LogP contribution >= 0.6 is 22.7 Å². The van der Waals surface area contributed by atoms with Gasteiger partial charge in [-0.2, -0.15) is 0 Å². The Hall–Kier alpha value is -2.02. The third-order valence-electron chi connectivity index (χ3n) is 4.15. The molecule has 0 aliphatic heterocycles. The van der Waals surface area contributed by atoms with Crippen LogP contribution in [0.3, 0.4) is 0 Å². The Morgan fingerprint density at radius 3 is 2.77 bits per heavy atom. The summed E-state index contributed by atoms with van der Waals surface area (Å²) >= 11 is 3.30. The fraction of sp³-hybridized carbons (Fsp3) is 0.300. The number of rotatable bonds is 7. The molecule has 1 N–H and O–H groups in total. The van der Waals surface area contributed by atoms with Gasteiger partial charge < -0.3 is 10.2 Å². The topological polar surface area (TPSA) is 45.2 Å². The van der Waals surface area contributed by atoms with Gasteiger partial charge in [0, 0.05) is 22.4 Å². The van der Waals surface area contributed by atoms with Crippen LogP contribution in [0.4, 0.5) is 0 Å². The van der Waals surface area contributed by atoms with E-state index in [0.717, 1.165) is 16.3 Å². The van der Waals surface area contributed by atoms with Gasteiger partial charge in [-0.3, -0.25) is 4.79 Å². The van der Waals surface area contributed by atoms with E-state index in [9.17, 15) is 4.79 Å². The van der Waals surface area contributed by atoms with E-state index in [1.54, 1.807) is 22.7 Å². The van der Waals surface area contributed by atoms with Crippen LogP contribution in [0.5, 0.6) is 0 Å². The van der Waals surface area contributed by atoms with Crippen LogP contribution in [0.1, 0.15) is 22.2 Å². The standard InChI is InChI=1S/C20H23N3OS2/c1-14-6-4-7-15(10-14)20-22-16(13-26-20)11-19(24)21-12-17(23(2)3)18-8-5-9-25-18/h4-10,13,17H,11-12H2,1-3H3,(H,21,24). The molecule has 2 aromatic heterocycles. The van der Waals surface area contributed by atoms with Crippen LogP contribution in [-0.2, 0) is 11.2 Å². The number of thiazole rings is 1. The fourth-order valence-corrected chi connectivity index (χ4v) is 4.49. The summed E-state index contributed by atoms with van der Waals surface area (Å²) in [5.41, 5.74) is 3.13. The molecule has 1 amide bonds. The first-order valence-electron chi connectivity index (χ1n) is 8.51. The minimum absolute atomic E-state index is 0.00879. The third-order valence-corrected chi connectivity index (χ3v) is 6.06. The second kappa shape index (κ2) is 8.58. The second-order valence-corrected chi connectivity index (χ2v) is 8.33. The summed E-state index contributed by atoms with van der Waals surface area (Å²) in [5, 5.41) is 8.05. The van der Waals surface area contributed by atoms with Crippen molar-refractivity contribution in [2.75, 3.05) is 20.6 Å². The lowest BCUT2D eigenvalue weighted by Crippen LogP contribution is -2.34. The van der Waals surface area contributed by atoms with Crippen molar-refractivity contribution in [2.24, 2.45) is 0 Å². The molecule has 1 atom stereocenters. The summed E-state index contributed by atoms with van der Waals surface area (Å²) in [4.78, 5) is 20.4. The fourth-order valence-electron chi connectivity index (χ4n) is 2.75. The van der Waals surface area contributed by atoms with Gasteiger partial charge in [-0.25, -0.2) is 4.98 Å². The summed E-state index contributed by atoms with van der Waals surface area (Å²) in [5.74, 6) is 0.00879. The highest BCUT2D eigenvalue weighted by molar-refractivity contribution is 7.13. The van der Waals surface area contributed by atoms with Gasteiger partial charge in [0.25, 0.3) is 0 Å². The SMILES string of the molecule is Cc1cccc(-c2nc(CC(=O)NCC(c3cccs3)N(C)C)cs2)c1. The summed E-state index contributed by atoms with van der Waals surface area (Å²) in [7, 11) is 4.07. The first-order chi connectivity index (χ1) is 12.5. The molecule has 3 aromatic rings. The predicted molar refractivity (Wildman–Crippen MR) is 110 cm³/mol. The molecule has 26 heavy (non-hydrogen) atoms. The average Bonchev–Trinajstić information content (AvgIpc) is 3.27. The Bertz CT molecular complexity index is 856. The lowest BCUT2D eigenvalue weighted by atomic mass is 10.1. The van der Waals surface area contributed by atoms with E-state index in [4.69, 9.17) is 0 Å². The highest BCUT2D eigenvalue weighted by Gasteiger charge is 2.17. The van der Waals surface area contributed by atoms with Gasteiger partial charge in [-0.1, -0.05) is 29.8 Å². The second-order valence-electron chi connectivity index (χ2n) is 6.49. The highest BCUT2D eigenvalue weighted by atomic mass is 32.1. The zero-order valence-electron chi connectivity index (χ0n) is 15.2. The van der Waals surface area contributed by atoms with Crippen LogP contribution in [0.2, 0.25) is 0 Å². The van der Waals surface area contributed by atoms with E-state index < -0.39 is 0 Å². The van der Waals surface area contributed by atoms with Crippen molar-refractivity contribution >= 4 is 28.6 Å². The molecular formula is C20H23N3OS2. The maximum Gasteiger partial charge on any atom is 0.226 e. The molecule has 0 saturated heterocycles. The molecule has 0 bridgehead atoms. The maximum atomic E-state index is 12.3. The number of likely N-dealkylation sites (N-methyl/N-ethyl adjacent to an activating group) is 1. The molecule has 1 aromatic carbocycles. The zero-order chi connectivity index (χ0) is 18.5. The van der Waals surface area contributed by atoms with Crippen molar-refractivity contribution in [1.29, 1.82) is 0 Å². The van der Waals surface area contributed by atoms with Gasteiger partial charge in [0.05, 0.1) is 18.2 Å². The Morgan fingerprint density at radius 1 is 1.23 bits per heavy atom. The quantitative estimate of drug-likeness (QED) is 0.665. The van der Waals surface area contributed by atoms with Gasteiger partial charge in [-0.05, 0) is 38.5 Å². The van der Waals surface area contributed by atoms with Gasteiger partial charge in [0.1, 0.15) is 5.01 Å². The predicted octanol–water partition coefficient (Wildman–Crippen LogP) is 4.14. The monoisotopic (exact) mass is 385 g/mol. The summed E-state index contributed by atoms with van der Waals surface area (Å²) < 4.78 is 0. The van der Waals surface area contributed by atoms with Crippen molar-refractivity contribution in [3.63, 3.8) is 0 Å². The van der Waals surface area contributed by atoms with Crippen LogP contribution in [0.25, 0.3) is 10.6 Å². The molecule has 2 heterocycles. The number of hydrogen-bond acceptors (Lipinski definition) is 5. The first-order valence-corrected chi connectivity index (χ1v) is 10.3. The smallest absolute Gasteiger partial charge is 0.226 e. The third kappa shape index (κ3) is 4.78. The normalized spacial score (nSPS) is 12.3. The number of carbonyl (C=O) groups excluding carboxylic acids is 1. The Balaban J connectivity index is 1.58. The molecule has 0 aliphatic carbocycles. The van der Waals surface area contributed by atoms with E-state index in [2.05, 4.69) is 51.8 Å². The minimum atomic E-state index is 0.00879. The number of benzene rings is 1. The minimum Gasteiger partial charge on any atom is -0.354 e. The van der Waals surface area contributed by atoms with Gasteiger partial charge in [-0.15, -0.1) is 22.7 Å². The number of carbonyl (C=O) groups is 1. The number of amides is 1. The number of thiophene rings is 1. The molecule has 0 spiro atoms. The summed E-state index contributed by atoms with van der Waals surface area (Å²) in [6.45, 7) is 2.67. The molecule has 3 rings (SSSR count). The molecule has 1 unspecified atom stereocenters. The highest BCUT2D eigenvalue weighted by Crippen LogP contribution is 2.25. The van der Waals surface area contributed by atoms with E-state index in [-0.39, 0.29) is 11.9 Å². The zero-order valence-corrected chi connectivity index (χ0v) is 16.9. The Labute approximate surface area is 162 Å². The number of hydrogen-bond donors (Lipinski definition) is 1. The van der Waals surface area contributed by atoms with Gasteiger partial charge in [0.2, 0.25) is 5.91 Å². The van der Waals surface area contributed by atoms with Gasteiger partial charge in [0.15, 0.2) is 0 Å². The van der Waals surface area contributed by atoms with Gasteiger partial charge >= 0.3 is 0 Å². The van der Waals surface area contributed by atoms with Crippen LogP contribution < -0.4 is 5.32 Å². The molecule has 0 aliphatic rings. The molecule has 6 heteroatoms. The average molecular weight is 386 g/mol. The summed E-state index contributed by atoms with van der Waals surface area (Å²) in [6.07, 6.45) is 0.312. The van der Waals surface area contributed by atoms with Crippen LogP contribution in [-0.4, -0.2) is 36.4 Å². The van der Waals surface area contributed by atoms with Crippen LogP contribution in [0.15, 0.2) is 47.2 Å². The molecule has 4 nitrogen and oxygen atoms in total. The lowest BCUT2D eigenvalue weighted by Gasteiger charge is -2.23.